The highest BCUT2D eigenvalue weighted by Gasteiger charge is 2.08. The number of hydrogen-bond donors (Lipinski definition) is 2. The van der Waals surface area contributed by atoms with Gasteiger partial charge in [0.15, 0.2) is 5.96 Å². The summed E-state index contributed by atoms with van der Waals surface area (Å²) in [5.41, 5.74) is 1.97. The summed E-state index contributed by atoms with van der Waals surface area (Å²) in [5, 5.41) is 10.5. The van der Waals surface area contributed by atoms with Gasteiger partial charge in [0.2, 0.25) is 0 Å². The molecule has 0 aliphatic carbocycles. The molecule has 0 fully saturated rings. The number of guanidine groups is 1. The van der Waals surface area contributed by atoms with Crippen LogP contribution in [-0.2, 0) is 6.54 Å². The smallest absolute Gasteiger partial charge is 0.192 e. The van der Waals surface area contributed by atoms with Crippen LogP contribution in [0.1, 0.15) is 45.0 Å². The van der Waals surface area contributed by atoms with Crippen LogP contribution in [0, 0.1) is 5.92 Å². The van der Waals surface area contributed by atoms with Gasteiger partial charge in [-0.1, -0.05) is 31.1 Å². The van der Waals surface area contributed by atoms with Gasteiger partial charge in [-0.15, -0.1) is 0 Å². The Morgan fingerprint density at radius 2 is 1.96 bits per heavy atom. The van der Waals surface area contributed by atoms with Crippen LogP contribution >= 0.6 is 0 Å². The summed E-state index contributed by atoms with van der Waals surface area (Å²) < 4.78 is 10.6. The first-order valence-corrected chi connectivity index (χ1v) is 8.75. The summed E-state index contributed by atoms with van der Waals surface area (Å²) in [4.78, 5) is 4.54. The van der Waals surface area contributed by atoms with E-state index in [-0.39, 0.29) is 6.04 Å². The van der Waals surface area contributed by atoms with Crippen molar-refractivity contribution >= 4 is 5.96 Å². The van der Waals surface area contributed by atoms with E-state index < -0.39 is 0 Å². The van der Waals surface area contributed by atoms with E-state index in [0.29, 0.717) is 12.5 Å². The maximum Gasteiger partial charge on any atom is 0.192 e. The second-order valence-corrected chi connectivity index (χ2v) is 6.33. The maximum absolute atomic E-state index is 5.73. The Labute approximate surface area is 149 Å². The third kappa shape index (κ3) is 6.49. The average molecular weight is 344 g/mol. The molecule has 0 aliphatic rings. The molecule has 1 aromatic carbocycles. The lowest BCUT2D eigenvalue weighted by molar-refractivity contribution is 0.271. The van der Waals surface area contributed by atoms with E-state index in [1.807, 2.05) is 25.1 Å². The molecule has 1 atom stereocenters. The van der Waals surface area contributed by atoms with E-state index >= 15 is 0 Å². The summed E-state index contributed by atoms with van der Waals surface area (Å²) >= 11 is 0. The van der Waals surface area contributed by atoms with Gasteiger partial charge in [-0.2, -0.15) is 0 Å². The van der Waals surface area contributed by atoms with Crippen molar-refractivity contribution in [2.24, 2.45) is 10.9 Å². The zero-order chi connectivity index (χ0) is 18.1. The minimum absolute atomic E-state index is 0.120. The first kappa shape index (κ1) is 18.8. The van der Waals surface area contributed by atoms with Gasteiger partial charge >= 0.3 is 0 Å². The third-order valence-corrected chi connectivity index (χ3v) is 3.55. The van der Waals surface area contributed by atoms with E-state index in [9.17, 15) is 0 Å². The molecule has 0 spiro atoms. The molecule has 0 amide bonds. The molecule has 25 heavy (non-hydrogen) atoms. The molecule has 6 heteroatoms. The zero-order valence-electron chi connectivity index (χ0n) is 15.5. The van der Waals surface area contributed by atoms with E-state index in [4.69, 9.17) is 9.26 Å². The first-order chi connectivity index (χ1) is 12.1. The van der Waals surface area contributed by atoms with Crippen molar-refractivity contribution in [1.29, 1.82) is 0 Å². The number of aliphatic imine (C=N–C) groups is 1. The Hall–Kier alpha value is -2.50. The summed E-state index contributed by atoms with van der Waals surface area (Å²) in [6.07, 6.45) is 1.55. The Morgan fingerprint density at radius 3 is 2.56 bits per heavy atom. The summed E-state index contributed by atoms with van der Waals surface area (Å²) in [6.45, 7) is 10.4. The molecule has 6 nitrogen and oxygen atoms in total. The van der Waals surface area contributed by atoms with Crippen LogP contribution in [0.25, 0.3) is 0 Å². The topological polar surface area (TPSA) is 71.7 Å². The van der Waals surface area contributed by atoms with Crippen molar-refractivity contribution in [3.8, 4) is 5.75 Å². The van der Waals surface area contributed by atoms with Crippen molar-refractivity contribution in [2.45, 2.75) is 40.3 Å². The van der Waals surface area contributed by atoms with Gasteiger partial charge in [0.05, 0.1) is 19.2 Å². The van der Waals surface area contributed by atoms with Gasteiger partial charge in [0, 0.05) is 12.6 Å². The molecular weight excluding hydrogens is 316 g/mol. The molecular formula is C19H28N4O2. The zero-order valence-corrected chi connectivity index (χ0v) is 15.5. The molecule has 0 saturated carbocycles. The second-order valence-electron chi connectivity index (χ2n) is 6.33. The van der Waals surface area contributed by atoms with Crippen LogP contribution in [0.3, 0.4) is 0 Å². The van der Waals surface area contributed by atoms with Crippen LogP contribution in [0.4, 0.5) is 0 Å². The number of rotatable bonds is 8. The number of aromatic nitrogens is 1. The lowest BCUT2D eigenvalue weighted by Gasteiger charge is -2.18. The van der Waals surface area contributed by atoms with Gasteiger partial charge in [0.1, 0.15) is 17.7 Å². The standard InChI is InChI=1S/C19H28N4O2/c1-5-20-19(21-12-17-10-11-25-23-17)22-15(4)16-6-8-18(9-7-16)24-13-14(2)3/h6-11,14-15H,5,12-13H2,1-4H3,(H2,20,21,22). The second kappa shape index (κ2) is 9.71. The molecule has 2 N–H and O–H groups in total. The predicted molar refractivity (Wildman–Crippen MR) is 99.6 cm³/mol. The minimum Gasteiger partial charge on any atom is -0.493 e. The number of ether oxygens (including phenoxy) is 1. The highest BCUT2D eigenvalue weighted by atomic mass is 16.5. The van der Waals surface area contributed by atoms with Gasteiger partial charge in [0.25, 0.3) is 0 Å². The summed E-state index contributed by atoms with van der Waals surface area (Å²) in [5.74, 6) is 2.17. The molecule has 136 valence electrons. The molecule has 1 aromatic heterocycles. The maximum atomic E-state index is 5.73. The van der Waals surface area contributed by atoms with Crippen LogP contribution in [0.15, 0.2) is 46.1 Å². The highest BCUT2D eigenvalue weighted by Crippen LogP contribution is 2.18. The van der Waals surface area contributed by atoms with Gasteiger partial charge < -0.3 is 19.9 Å². The summed E-state index contributed by atoms with van der Waals surface area (Å²) in [6, 6.07) is 10.1. The monoisotopic (exact) mass is 344 g/mol. The molecule has 0 aliphatic heterocycles. The summed E-state index contributed by atoms with van der Waals surface area (Å²) in [7, 11) is 0. The van der Waals surface area contributed by atoms with E-state index in [0.717, 1.165) is 30.6 Å². The van der Waals surface area contributed by atoms with E-state index in [1.165, 1.54) is 5.56 Å². The Balaban J connectivity index is 1.95. The molecule has 0 radical (unpaired) electrons. The van der Waals surface area contributed by atoms with Gasteiger partial charge in [-0.05, 0) is 37.5 Å². The number of nitrogens with one attached hydrogen (secondary N) is 2. The molecule has 2 rings (SSSR count). The fourth-order valence-electron chi connectivity index (χ4n) is 2.20. The van der Waals surface area contributed by atoms with Crippen LogP contribution in [-0.4, -0.2) is 24.3 Å². The SMILES string of the molecule is CCNC(=NCc1ccon1)NC(C)c1ccc(OCC(C)C)cc1. The highest BCUT2D eigenvalue weighted by molar-refractivity contribution is 5.80. The number of hydrogen-bond acceptors (Lipinski definition) is 4. The predicted octanol–water partition coefficient (Wildman–Crippen LogP) is 3.53. The van der Waals surface area contributed by atoms with Crippen molar-refractivity contribution in [3.63, 3.8) is 0 Å². The number of nitrogens with zero attached hydrogens (tertiary/aromatic N) is 2. The van der Waals surface area contributed by atoms with Crippen LogP contribution < -0.4 is 15.4 Å². The fourth-order valence-corrected chi connectivity index (χ4v) is 2.20. The quantitative estimate of drug-likeness (QED) is 0.566. The normalized spacial score (nSPS) is 12.9. The molecule has 1 heterocycles. The Bertz CT molecular complexity index is 636. The molecule has 2 aromatic rings. The van der Waals surface area contributed by atoms with Crippen LogP contribution in [0.5, 0.6) is 5.75 Å². The first-order valence-electron chi connectivity index (χ1n) is 8.75. The van der Waals surface area contributed by atoms with Gasteiger partial charge in [-0.25, -0.2) is 4.99 Å². The van der Waals surface area contributed by atoms with Crippen molar-refractivity contribution in [3.05, 3.63) is 47.9 Å². The molecule has 1 unspecified atom stereocenters. The third-order valence-electron chi connectivity index (χ3n) is 3.55. The Kier molecular flexibility index (Phi) is 7.32. The van der Waals surface area contributed by atoms with E-state index in [2.05, 4.69) is 53.7 Å². The molecule has 0 saturated heterocycles. The fraction of sp³-hybridized carbons (Fsp3) is 0.474. The van der Waals surface area contributed by atoms with Crippen molar-refractivity contribution in [1.82, 2.24) is 15.8 Å². The minimum atomic E-state index is 0.120. The average Bonchev–Trinajstić information content (AvgIpc) is 3.12. The molecule has 0 bridgehead atoms. The lowest BCUT2D eigenvalue weighted by Crippen LogP contribution is -2.38. The van der Waals surface area contributed by atoms with Crippen molar-refractivity contribution < 1.29 is 9.26 Å². The van der Waals surface area contributed by atoms with Crippen molar-refractivity contribution in [2.75, 3.05) is 13.2 Å². The van der Waals surface area contributed by atoms with E-state index in [1.54, 1.807) is 6.26 Å². The van der Waals surface area contributed by atoms with Crippen LogP contribution in [0.2, 0.25) is 0 Å². The largest absolute Gasteiger partial charge is 0.493 e. The lowest BCUT2D eigenvalue weighted by atomic mass is 10.1. The number of benzene rings is 1. The Morgan fingerprint density at radius 1 is 1.20 bits per heavy atom. The van der Waals surface area contributed by atoms with Gasteiger partial charge in [-0.3, -0.25) is 0 Å².